The summed E-state index contributed by atoms with van der Waals surface area (Å²) >= 11 is 0. The molecule has 3 atom stereocenters. The standard InChI is InChI=1S/C12H23NO/c1-11(2,3)6-7-12(13)8-9-4-5-10(12)14-9/h9-10H,4-8,13H2,1-3H3. The fraction of sp³-hybridized carbons (Fsp3) is 1.00. The lowest BCUT2D eigenvalue weighted by Crippen LogP contribution is -2.49. The number of rotatable bonds is 2. The van der Waals surface area contributed by atoms with Gasteiger partial charge in [-0.2, -0.15) is 0 Å². The average molecular weight is 197 g/mol. The van der Waals surface area contributed by atoms with E-state index in [1.807, 2.05) is 0 Å². The molecule has 82 valence electrons. The fourth-order valence-corrected chi connectivity index (χ4v) is 2.70. The van der Waals surface area contributed by atoms with Gasteiger partial charge in [0, 0.05) is 5.54 Å². The molecular weight excluding hydrogens is 174 g/mol. The van der Waals surface area contributed by atoms with Gasteiger partial charge in [0.05, 0.1) is 12.2 Å². The second kappa shape index (κ2) is 3.21. The summed E-state index contributed by atoms with van der Waals surface area (Å²) in [6, 6.07) is 0. The van der Waals surface area contributed by atoms with Crippen molar-refractivity contribution < 1.29 is 4.74 Å². The van der Waals surface area contributed by atoms with E-state index in [-0.39, 0.29) is 5.54 Å². The molecule has 0 amide bonds. The molecule has 0 spiro atoms. The molecule has 2 rings (SSSR count). The Morgan fingerprint density at radius 1 is 1.36 bits per heavy atom. The summed E-state index contributed by atoms with van der Waals surface area (Å²) < 4.78 is 5.83. The van der Waals surface area contributed by atoms with Gasteiger partial charge in [0.2, 0.25) is 0 Å². The molecule has 2 bridgehead atoms. The lowest BCUT2D eigenvalue weighted by atomic mass is 9.75. The van der Waals surface area contributed by atoms with E-state index in [9.17, 15) is 0 Å². The minimum atomic E-state index is -0.00377. The Labute approximate surface area is 87.2 Å². The highest BCUT2D eigenvalue weighted by Crippen LogP contribution is 2.43. The van der Waals surface area contributed by atoms with Crippen molar-refractivity contribution in [1.82, 2.24) is 0 Å². The molecule has 0 aromatic heterocycles. The molecule has 0 aromatic rings. The van der Waals surface area contributed by atoms with Crippen molar-refractivity contribution in [1.29, 1.82) is 0 Å². The monoisotopic (exact) mass is 197 g/mol. The Morgan fingerprint density at radius 3 is 2.50 bits per heavy atom. The molecule has 3 unspecified atom stereocenters. The first-order chi connectivity index (χ1) is 6.39. The van der Waals surface area contributed by atoms with Crippen molar-refractivity contribution in [2.45, 2.75) is 70.6 Å². The molecule has 14 heavy (non-hydrogen) atoms. The van der Waals surface area contributed by atoms with E-state index in [1.54, 1.807) is 0 Å². The lowest BCUT2D eigenvalue weighted by Gasteiger charge is -2.33. The van der Waals surface area contributed by atoms with Crippen LogP contribution in [-0.4, -0.2) is 17.7 Å². The predicted molar refractivity (Wildman–Crippen MR) is 58.1 cm³/mol. The third-order valence-electron chi connectivity index (χ3n) is 3.70. The Morgan fingerprint density at radius 2 is 2.07 bits per heavy atom. The van der Waals surface area contributed by atoms with Crippen LogP contribution in [0.3, 0.4) is 0 Å². The van der Waals surface area contributed by atoms with E-state index in [0.717, 1.165) is 12.8 Å². The second-order valence-corrected chi connectivity index (χ2v) is 6.32. The third kappa shape index (κ3) is 1.96. The topological polar surface area (TPSA) is 35.2 Å². The molecule has 0 saturated carbocycles. The minimum absolute atomic E-state index is 0.00377. The smallest absolute Gasteiger partial charge is 0.0760 e. The maximum absolute atomic E-state index is 6.43. The molecule has 2 nitrogen and oxygen atoms in total. The summed E-state index contributed by atoms with van der Waals surface area (Å²) in [5.74, 6) is 0. The molecule has 2 aliphatic heterocycles. The van der Waals surface area contributed by atoms with Crippen LogP contribution in [0.15, 0.2) is 0 Å². The van der Waals surface area contributed by atoms with E-state index in [4.69, 9.17) is 10.5 Å². The zero-order chi connectivity index (χ0) is 10.4. The summed E-state index contributed by atoms with van der Waals surface area (Å²) in [5.41, 5.74) is 6.82. The van der Waals surface area contributed by atoms with E-state index in [1.165, 1.54) is 19.3 Å². The highest BCUT2D eigenvalue weighted by Gasteiger charge is 2.49. The van der Waals surface area contributed by atoms with Crippen LogP contribution < -0.4 is 5.73 Å². The van der Waals surface area contributed by atoms with Crippen molar-refractivity contribution in [2.24, 2.45) is 11.1 Å². The maximum Gasteiger partial charge on any atom is 0.0760 e. The van der Waals surface area contributed by atoms with Crippen molar-refractivity contribution >= 4 is 0 Å². The Balaban J connectivity index is 1.91. The summed E-state index contributed by atoms with van der Waals surface area (Å²) in [6.07, 6.45) is 6.67. The zero-order valence-corrected chi connectivity index (χ0v) is 9.68. The number of ether oxygens (including phenoxy) is 1. The zero-order valence-electron chi connectivity index (χ0n) is 9.68. The van der Waals surface area contributed by atoms with Gasteiger partial charge in [-0.05, 0) is 37.5 Å². The molecule has 2 saturated heterocycles. The Hall–Kier alpha value is -0.0800. The number of fused-ring (bicyclic) bond motifs is 2. The number of hydrogen-bond acceptors (Lipinski definition) is 2. The van der Waals surface area contributed by atoms with Crippen LogP contribution in [0.4, 0.5) is 0 Å². The highest BCUT2D eigenvalue weighted by molar-refractivity contribution is 5.04. The Bertz CT molecular complexity index is 221. The SMILES string of the molecule is CC(C)(C)CCC1(N)CC2CCC1O2. The molecule has 0 aromatic carbocycles. The van der Waals surface area contributed by atoms with Crippen LogP contribution in [-0.2, 0) is 4.74 Å². The van der Waals surface area contributed by atoms with Gasteiger partial charge in [0.25, 0.3) is 0 Å². The molecule has 2 heteroatoms. The fourth-order valence-electron chi connectivity index (χ4n) is 2.70. The highest BCUT2D eigenvalue weighted by atomic mass is 16.5. The molecule has 2 N–H and O–H groups in total. The van der Waals surface area contributed by atoms with Crippen LogP contribution in [0.5, 0.6) is 0 Å². The summed E-state index contributed by atoms with van der Waals surface area (Å²) in [5, 5.41) is 0. The summed E-state index contributed by atoms with van der Waals surface area (Å²) in [6.45, 7) is 6.85. The molecule has 2 heterocycles. The van der Waals surface area contributed by atoms with Gasteiger partial charge in [-0.3, -0.25) is 0 Å². The first-order valence-corrected chi connectivity index (χ1v) is 5.83. The van der Waals surface area contributed by atoms with Crippen LogP contribution in [0.2, 0.25) is 0 Å². The van der Waals surface area contributed by atoms with Gasteiger partial charge in [-0.1, -0.05) is 20.8 Å². The van der Waals surface area contributed by atoms with E-state index < -0.39 is 0 Å². The molecule has 2 fully saturated rings. The van der Waals surface area contributed by atoms with Gasteiger partial charge in [-0.25, -0.2) is 0 Å². The third-order valence-corrected chi connectivity index (χ3v) is 3.70. The van der Waals surface area contributed by atoms with Crippen molar-refractivity contribution in [2.75, 3.05) is 0 Å². The predicted octanol–water partition coefficient (Wildman–Crippen LogP) is 2.46. The maximum atomic E-state index is 6.43. The molecule has 0 radical (unpaired) electrons. The van der Waals surface area contributed by atoms with Crippen molar-refractivity contribution in [3.8, 4) is 0 Å². The Kier molecular flexibility index (Phi) is 2.39. The first-order valence-electron chi connectivity index (χ1n) is 5.83. The van der Waals surface area contributed by atoms with E-state index in [2.05, 4.69) is 20.8 Å². The quantitative estimate of drug-likeness (QED) is 0.738. The van der Waals surface area contributed by atoms with Crippen LogP contribution in [0, 0.1) is 5.41 Å². The van der Waals surface area contributed by atoms with Gasteiger partial charge in [-0.15, -0.1) is 0 Å². The van der Waals surface area contributed by atoms with Gasteiger partial charge in [0.1, 0.15) is 0 Å². The number of nitrogens with two attached hydrogens (primary N) is 1. The second-order valence-electron chi connectivity index (χ2n) is 6.32. The lowest BCUT2D eigenvalue weighted by molar-refractivity contribution is 0.0810. The molecule has 2 aliphatic rings. The van der Waals surface area contributed by atoms with Crippen LogP contribution >= 0.6 is 0 Å². The van der Waals surface area contributed by atoms with E-state index >= 15 is 0 Å². The summed E-state index contributed by atoms with van der Waals surface area (Å²) in [7, 11) is 0. The van der Waals surface area contributed by atoms with E-state index in [0.29, 0.717) is 17.6 Å². The largest absolute Gasteiger partial charge is 0.373 e. The van der Waals surface area contributed by atoms with Gasteiger partial charge >= 0.3 is 0 Å². The summed E-state index contributed by atoms with van der Waals surface area (Å²) in [4.78, 5) is 0. The average Bonchev–Trinajstić information content (AvgIpc) is 2.59. The molecule has 0 aliphatic carbocycles. The normalized spacial score (nSPS) is 42.0. The first kappa shape index (κ1) is 10.4. The van der Waals surface area contributed by atoms with Gasteiger partial charge in [0.15, 0.2) is 0 Å². The molecular formula is C12H23NO. The van der Waals surface area contributed by atoms with Crippen molar-refractivity contribution in [3.05, 3.63) is 0 Å². The van der Waals surface area contributed by atoms with Crippen LogP contribution in [0.1, 0.15) is 52.9 Å². The van der Waals surface area contributed by atoms with Crippen LogP contribution in [0.25, 0.3) is 0 Å². The van der Waals surface area contributed by atoms with Crippen molar-refractivity contribution in [3.63, 3.8) is 0 Å². The number of hydrogen-bond donors (Lipinski definition) is 1. The van der Waals surface area contributed by atoms with Gasteiger partial charge < -0.3 is 10.5 Å². The minimum Gasteiger partial charge on any atom is -0.373 e.